The Hall–Kier alpha value is -3.96. The van der Waals surface area contributed by atoms with Gasteiger partial charge in [-0.15, -0.1) is 0 Å². The van der Waals surface area contributed by atoms with E-state index in [4.69, 9.17) is 9.15 Å². The summed E-state index contributed by atoms with van der Waals surface area (Å²) >= 11 is 0. The second-order valence-corrected chi connectivity index (χ2v) is 8.16. The maximum atomic E-state index is 13.1. The van der Waals surface area contributed by atoms with Gasteiger partial charge in [-0.25, -0.2) is 15.0 Å². The number of halogens is 3. The standard InChI is InChI=1S/C23H22F3N5O4/c1-12-6-15(8-29-21(12)34-11-23(24,25)26)13(2)31-10-18-17(22(31)33)4-5-27-20(18)30-19(32)7-16-9-28-14(3)35-16/h4-6,8-9,13H,7,10-11H2,1-3H3,(H,27,30,32). The third-order valence-corrected chi connectivity index (χ3v) is 5.51. The number of oxazole rings is 1. The summed E-state index contributed by atoms with van der Waals surface area (Å²) in [6.07, 6.45) is -0.200. The molecule has 1 atom stereocenters. The van der Waals surface area contributed by atoms with Gasteiger partial charge in [0.2, 0.25) is 11.8 Å². The Bertz CT molecular complexity index is 1270. The summed E-state index contributed by atoms with van der Waals surface area (Å²) in [5.74, 6) is 0.389. The predicted molar refractivity (Wildman–Crippen MR) is 117 cm³/mol. The van der Waals surface area contributed by atoms with Gasteiger partial charge in [0, 0.05) is 36.0 Å². The number of nitrogens with zero attached hydrogens (tertiary/aromatic N) is 4. The van der Waals surface area contributed by atoms with E-state index >= 15 is 0 Å². The largest absolute Gasteiger partial charge is 0.468 e. The number of fused-ring (bicyclic) bond motifs is 1. The highest BCUT2D eigenvalue weighted by molar-refractivity contribution is 6.01. The molecule has 1 aliphatic rings. The van der Waals surface area contributed by atoms with Crippen LogP contribution in [0.1, 0.15) is 51.7 Å². The lowest BCUT2D eigenvalue weighted by Crippen LogP contribution is -2.27. The molecule has 35 heavy (non-hydrogen) atoms. The van der Waals surface area contributed by atoms with Crippen LogP contribution in [0.15, 0.2) is 35.1 Å². The van der Waals surface area contributed by atoms with E-state index in [0.29, 0.717) is 33.9 Å². The maximum Gasteiger partial charge on any atom is 0.422 e. The van der Waals surface area contributed by atoms with Gasteiger partial charge < -0.3 is 19.4 Å². The highest BCUT2D eigenvalue weighted by Crippen LogP contribution is 2.34. The van der Waals surface area contributed by atoms with Crippen molar-refractivity contribution in [2.24, 2.45) is 0 Å². The van der Waals surface area contributed by atoms with E-state index < -0.39 is 18.8 Å². The molecule has 1 aliphatic heterocycles. The molecule has 2 amide bonds. The third kappa shape index (κ3) is 5.42. The zero-order chi connectivity index (χ0) is 25.3. The van der Waals surface area contributed by atoms with Crippen LogP contribution in [0.3, 0.4) is 0 Å². The fourth-order valence-corrected chi connectivity index (χ4v) is 3.79. The number of pyridine rings is 2. The van der Waals surface area contributed by atoms with Crippen molar-refractivity contribution in [3.05, 3.63) is 64.6 Å². The van der Waals surface area contributed by atoms with Gasteiger partial charge in [-0.1, -0.05) is 0 Å². The van der Waals surface area contributed by atoms with Crippen molar-refractivity contribution < 1.29 is 31.9 Å². The molecular formula is C23H22F3N5O4. The molecule has 0 radical (unpaired) electrons. The average molecular weight is 489 g/mol. The Morgan fingerprint density at radius 2 is 2.03 bits per heavy atom. The van der Waals surface area contributed by atoms with Crippen LogP contribution in [0.2, 0.25) is 0 Å². The van der Waals surface area contributed by atoms with Crippen LogP contribution >= 0.6 is 0 Å². The topological polar surface area (TPSA) is 110 Å². The van der Waals surface area contributed by atoms with Crippen molar-refractivity contribution in [2.45, 2.75) is 46.0 Å². The molecule has 0 spiro atoms. The molecule has 4 heterocycles. The summed E-state index contributed by atoms with van der Waals surface area (Å²) in [5.41, 5.74) is 2.02. The van der Waals surface area contributed by atoms with Gasteiger partial charge in [0.1, 0.15) is 11.6 Å². The summed E-state index contributed by atoms with van der Waals surface area (Å²) in [5, 5.41) is 2.73. The smallest absolute Gasteiger partial charge is 0.422 e. The Balaban J connectivity index is 1.48. The van der Waals surface area contributed by atoms with Crippen LogP contribution in [-0.2, 0) is 17.8 Å². The van der Waals surface area contributed by atoms with Crippen LogP contribution in [0.5, 0.6) is 5.88 Å². The number of ether oxygens (including phenoxy) is 1. The first-order valence-corrected chi connectivity index (χ1v) is 10.7. The lowest BCUT2D eigenvalue weighted by atomic mass is 10.1. The molecule has 0 fully saturated rings. The number of alkyl halides is 3. The molecule has 3 aromatic rings. The fourth-order valence-electron chi connectivity index (χ4n) is 3.79. The van der Waals surface area contributed by atoms with Gasteiger partial charge in [-0.3, -0.25) is 9.59 Å². The van der Waals surface area contributed by atoms with Gasteiger partial charge >= 0.3 is 6.18 Å². The molecule has 0 aliphatic carbocycles. The number of anilines is 1. The Kier molecular flexibility index (Phi) is 6.46. The van der Waals surface area contributed by atoms with Crippen molar-refractivity contribution in [3.8, 4) is 5.88 Å². The molecule has 12 heteroatoms. The van der Waals surface area contributed by atoms with E-state index in [9.17, 15) is 22.8 Å². The van der Waals surface area contributed by atoms with Crippen molar-refractivity contribution in [1.29, 1.82) is 0 Å². The molecule has 1 N–H and O–H groups in total. The first kappa shape index (κ1) is 24.2. The molecule has 184 valence electrons. The number of nitrogens with one attached hydrogen (secondary N) is 1. The quantitative estimate of drug-likeness (QED) is 0.536. The summed E-state index contributed by atoms with van der Waals surface area (Å²) in [4.78, 5) is 39.3. The summed E-state index contributed by atoms with van der Waals surface area (Å²) in [6, 6.07) is 2.77. The second-order valence-electron chi connectivity index (χ2n) is 8.16. The number of carbonyl (C=O) groups is 2. The van der Waals surface area contributed by atoms with Crippen LogP contribution in [0.25, 0.3) is 0 Å². The lowest BCUT2D eigenvalue weighted by Gasteiger charge is -2.25. The molecule has 0 aromatic carbocycles. The zero-order valence-electron chi connectivity index (χ0n) is 19.1. The van der Waals surface area contributed by atoms with Crippen LogP contribution < -0.4 is 10.1 Å². The first-order valence-electron chi connectivity index (χ1n) is 10.7. The number of hydrogen-bond acceptors (Lipinski definition) is 7. The van der Waals surface area contributed by atoms with Crippen LogP contribution in [0, 0.1) is 13.8 Å². The Morgan fingerprint density at radius 3 is 2.69 bits per heavy atom. The van der Waals surface area contributed by atoms with Gasteiger partial charge in [-0.05, 0) is 31.5 Å². The highest BCUT2D eigenvalue weighted by atomic mass is 19.4. The predicted octanol–water partition coefficient (Wildman–Crippen LogP) is 3.92. The lowest BCUT2D eigenvalue weighted by molar-refractivity contribution is -0.154. The van der Waals surface area contributed by atoms with E-state index in [-0.39, 0.29) is 36.5 Å². The summed E-state index contributed by atoms with van der Waals surface area (Å²) < 4.78 is 47.4. The molecule has 9 nitrogen and oxygen atoms in total. The number of rotatable bonds is 7. The minimum atomic E-state index is -4.47. The van der Waals surface area contributed by atoms with Crippen molar-refractivity contribution in [3.63, 3.8) is 0 Å². The number of aryl methyl sites for hydroxylation is 2. The average Bonchev–Trinajstić information content (AvgIpc) is 3.35. The zero-order valence-corrected chi connectivity index (χ0v) is 19.1. The second kappa shape index (κ2) is 9.35. The Morgan fingerprint density at radius 1 is 1.26 bits per heavy atom. The molecule has 0 saturated carbocycles. The maximum absolute atomic E-state index is 13.1. The van der Waals surface area contributed by atoms with Gasteiger partial charge in [0.15, 0.2) is 12.5 Å². The van der Waals surface area contributed by atoms with E-state index in [1.807, 2.05) is 0 Å². The van der Waals surface area contributed by atoms with Crippen molar-refractivity contribution in [2.75, 3.05) is 11.9 Å². The van der Waals surface area contributed by atoms with Gasteiger partial charge in [0.25, 0.3) is 5.91 Å². The van der Waals surface area contributed by atoms with E-state index in [1.165, 1.54) is 18.6 Å². The first-order chi connectivity index (χ1) is 16.5. The third-order valence-electron chi connectivity index (χ3n) is 5.51. The number of hydrogen-bond donors (Lipinski definition) is 1. The van der Waals surface area contributed by atoms with Gasteiger partial charge in [-0.2, -0.15) is 13.2 Å². The number of aromatic nitrogens is 3. The molecule has 3 aromatic heterocycles. The minimum Gasteiger partial charge on any atom is -0.468 e. The minimum absolute atomic E-state index is 0.0338. The van der Waals surface area contributed by atoms with Crippen LogP contribution in [-0.4, -0.2) is 44.4 Å². The summed E-state index contributed by atoms with van der Waals surface area (Å²) in [6.45, 7) is 3.80. The van der Waals surface area contributed by atoms with E-state index in [2.05, 4.69) is 20.3 Å². The SMILES string of the molecule is Cc1ncc(CC(=O)Nc2nccc3c2CN(C(C)c2cnc(OCC(F)(F)F)c(C)c2)C3=O)o1. The van der Waals surface area contributed by atoms with E-state index in [1.54, 1.807) is 37.8 Å². The monoisotopic (exact) mass is 489 g/mol. The number of amides is 2. The van der Waals surface area contributed by atoms with Crippen molar-refractivity contribution >= 4 is 17.6 Å². The highest BCUT2D eigenvalue weighted by Gasteiger charge is 2.34. The molecule has 4 rings (SSSR count). The molecule has 1 unspecified atom stereocenters. The fraction of sp³-hybridized carbons (Fsp3) is 0.348. The molecule has 0 saturated heterocycles. The van der Waals surface area contributed by atoms with E-state index in [0.717, 1.165) is 0 Å². The molecule has 0 bridgehead atoms. The van der Waals surface area contributed by atoms with Gasteiger partial charge in [0.05, 0.1) is 25.2 Å². The Labute approximate surface area is 198 Å². The number of carbonyl (C=O) groups excluding carboxylic acids is 2. The normalized spacial score (nSPS) is 14.1. The van der Waals surface area contributed by atoms with Crippen LogP contribution in [0.4, 0.5) is 19.0 Å². The van der Waals surface area contributed by atoms with Crippen molar-refractivity contribution in [1.82, 2.24) is 19.9 Å². The molecular weight excluding hydrogens is 467 g/mol. The summed E-state index contributed by atoms with van der Waals surface area (Å²) in [7, 11) is 0.